The zero-order valence-electron chi connectivity index (χ0n) is 24.2. The normalized spacial score (nSPS) is 12.4. The zero-order chi connectivity index (χ0) is 30.2. The Labute approximate surface area is 236 Å². The molecule has 0 fully saturated rings. The first-order chi connectivity index (χ1) is 19.1. The molecule has 40 heavy (non-hydrogen) atoms. The van der Waals surface area contributed by atoms with E-state index in [9.17, 15) is 19.2 Å². The van der Waals surface area contributed by atoms with E-state index in [1.165, 1.54) is 0 Å². The molecule has 0 saturated heterocycles. The number of rotatable bonds is 25. The second-order valence-corrected chi connectivity index (χ2v) is 9.49. The number of Topliss-reactive ketones (excluding diaryl/α,β-unsaturated/α-hetero) is 1. The summed E-state index contributed by atoms with van der Waals surface area (Å²) in [5, 5.41) is 11.3. The molecule has 0 radical (unpaired) electrons. The fraction of sp³-hybridized carbons (Fsp3) is 0.840. The van der Waals surface area contributed by atoms with Gasteiger partial charge in [0.1, 0.15) is 6.04 Å². The molecule has 0 aliphatic rings. The van der Waals surface area contributed by atoms with Gasteiger partial charge in [-0.3, -0.25) is 14.4 Å². The molecule has 4 amide bonds. The van der Waals surface area contributed by atoms with Gasteiger partial charge in [-0.05, 0) is 24.3 Å². The third-order valence-corrected chi connectivity index (χ3v) is 5.45. The molecule has 0 spiro atoms. The van der Waals surface area contributed by atoms with Crippen LogP contribution >= 0.6 is 0 Å². The Bertz CT molecular complexity index is 791. The van der Waals surface area contributed by atoms with Crippen LogP contribution in [0.5, 0.6) is 0 Å². The Hall–Kier alpha value is -2.97. The number of azide groups is 1. The third kappa shape index (κ3) is 20.0. The maximum atomic E-state index is 13.0. The predicted molar refractivity (Wildman–Crippen MR) is 147 cm³/mol. The lowest BCUT2D eigenvalue weighted by Gasteiger charge is -2.26. The van der Waals surface area contributed by atoms with E-state index >= 15 is 0 Å². The average molecular weight is 574 g/mol. The number of nitrogens with two attached hydrogens (primary N) is 1. The Morgan fingerprint density at radius 1 is 0.850 bits per heavy atom. The summed E-state index contributed by atoms with van der Waals surface area (Å²) in [6, 6.07) is -2.21. The molecule has 15 heteroatoms. The highest BCUT2D eigenvalue weighted by molar-refractivity contribution is 5.93. The fourth-order valence-electron chi connectivity index (χ4n) is 3.32. The third-order valence-electron chi connectivity index (χ3n) is 5.45. The number of carbonyl (C=O) groups is 4. The molecule has 0 saturated carbocycles. The van der Waals surface area contributed by atoms with Crippen LogP contribution in [0.4, 0.5) is 4.79 Å². The van der Waals surface area contributed by atoms with E-state index in [1.54, 1.807) is 27.7 Å². The maximum absolute atomic E-state index is 13.0. The minimum absolute atomic E-state index is 0.0619. The van der Waals surface area contributed by atoms with Gasteiger partial charge in [-0.1, -0.05) is 32.8 Å². The summed E-state index contributed by atoms with van der Waals surface area (Å²) in [5.41, 5.74) is 13.2. The molecule has 5 N–H and O–H groups in total. The number of primary amides is 1. The molecule has 2 unspecified atom stereocenters. The molecule has 0 aromatic heterocycles. The van der Waals surface area contributed by atoms with Gasteiger partial charge in [0.05, 0.1) is 58.9 Å². The Kier molecular flexibility index (Phi) is 22.1. The first kappa shape index (κ1) is 37.0. The van der Waals surface area contributed by atoms with Gasteiger partial charge in [-0.25, -0.2) is 4.79 Å². The van der Waals surface area contributed by atoms with Crippen molar-refractivity contribution in [1.82, 2.24) is 16.0 Å². The van der Waals surface area contributed by atoms with Gasteiger partial charge in [-0.2, -0.15) is 0 Å². The van der Waals surface area contributed by atoms with E-state index in [2.05, 4.69) is 26.0 Å². The van der Waals surface area contributed by atoms with Gasteiger partial charge in [0.15, 0.2) is 5.78 Å². The first-order valence-corrected chi connectivity index (χ1v) is 13.6. The van der Waals surface area contributed by atoms with E-state index in [4.69, 9.17) is 30.2 Å². The minimum Gasteiger partial charge on any atom is -0.379 e. The molecule has 0 aliphatic heterocycles. The highest BCUT2D eigenvalue weighted by Gasteiger charge is 2.29. The second kappa shape index (κ2) is 23.9. The fourth-order valence-corrected chi connectivity index (χ4v) is 3.32. The van der Waals surface area contributed by atoms with E-state index in [0.717, 1.165) is 0 Å². The number of ketones is 1. The lowest BCUT2D eigenvalue weighted by atomic mass is 9.96. The number of nitrogens with zero attached hydrogens (tertiary/aromatic N) is 3. The van der Waals surface area contributed by atoms with Crippen LogP contribution in [0.25, 0.3) is 10.4 Å². The topological polar surface area (TPSA) is 216 Å². The van der Waals surface area contributed by atoms with Crippen molar-refractivity contribution in [2.24, 2.45) is 22.7 Å². The zero-order valence-corrected chi connectivity index (χ0v) is 24.2. The molecule has 230 valence electrons. The first-order valence-electron chi connectivity index (χ1n) is 13.6. The molecular weight excluding hydrogens is 526 g/mol. The van der Waals surface area contributed by atoms with Crippen LogP contribution in [0.15, 0.2) is 5.11 Å². The molecule has 2 atom stereocenters. The highest BCUT2D eigenvalue weighted by Crippen LogP contribution is 2.09. The molecule has 0 aromatic rings. The number of carbonyl (C=O) groups excluding carboxylic acids is 4. The smallest absolute Gasteiger partial charge is 0.312 e. The van der Waals surface area contributed by atoms with Crippen molar-refractivity contribution in [2.45, 2.75) is 59.0 Å². The van der Waals surface area contributed by atoms with Crippen molar-refractivity contribution >= 4 is 23.6 Å². The van der Waals surface area contributed by atoms with E-state index in [1.807, 2.05) is 0 Å². The van der Waals surface area contributed by atoms with Gasteiger partial charge in [0, 0.05) is 30.3 Å². The largest absolute Gasteiger partial charge is 0.379 e. The Morgan fingerprint density at radius 3 is 1.90 bits per heavy atom. The van der Waals surface area contributed by atoms with Crippen LogP contribution in [0.1, 0.15) is 47.0 Å². The van der Waals surface area contributed by atoms with Crippen LogP contribution in [0, 0.1) is 11.8 Å². The Balaban J connectivity index is 4.24. The predicted octanol–water partition coefficient (Wildman–Crippen LogP) is 1.05. The monoisotopic (exact) mass is 573 g/mol. The number of nitrogens with one attached hydrogen (secondary N) is 3. The number of ether oxygens (including phenoxy) is 4. The lowest BCUT2D eigenvalue weighted by Crippen LogP contribution is -2.54. The van der Waals surface area contributed by atoms with Crippen LogP contribution in [-0.2, 0) is 33.3 Å². The van der Waals surface area contributed by atoms with Gasteiger partial charge in [0.2, 0.25) is 11.8 Å². The summed E-state index contributed by atoms with van der Waals surface area (Å²) < 4.78 is 21.4. The Morgan fingerprint density at radius 2 is 1.40 bits per heavy atom. The van der Waals surface area contributed by atoms with Crippen molar-refractivity contribution in [3.05, 3.63) is 10.4 Å². The SMILES string of the molecule is CC(C)C(=O)C(CCCNC(N)=O)NC(=O)C(NC(=O)CCOCCOCCOCCOCCN=[N+]=[N-])C(C)C. The molecule has 0 aromatic carbocycles. The number of amides is 4. The summed E-state index contributed by atoms with van der Waals surface area (Å²) >= 11 is 0. The van der Waals surface area contributed by atoms with Crippen molar-refractivity contribution in [3.63, 3.8) is 0 Å². The van der Waals surface area contributed by atoms with Gasteiger partial charge in [-0.15, -0.1) is 0 Å². The van der Waals surface area contributed by atoms with Crippen molar-refractivity contribution < 1.29 is 38.1 Å². The maximum Gasteiger partial charge on any atom is 0.312 e. The number of hydrogen-bond donors (Lipinski definition) is 4. The molecule has 0 rings (SSSR count). The lowest BCUT2D eigenvalue weighted by molar-refractivity contribution is -0.133. The summed E-state index contributed by atoms with van der Waals surface area (Å²) in [6.45, 7) is 10.4. The van der Waals surface area contributed by atoms with E-state index in [0.29, 0.717) is 59.1 Å². The molecule has 0 heterocycles. The number of hydrogen-bond acceptors (Lipinski definition) is 9. The molecule has 15 nitrogen and oxygen atoms in total. The van der Waals surface area contributed by atoms with Gasteiger partial charge in [0.25, 0.3) is 0 Å². The minimum atomic E-state index is -0.821. The number of urea groups is 1. The second-order valence-electron chi connectivity index (χ2n) is 9.49. The summed E-state index contributed by atoms with van der Waals surface area (Å²) in [6.07, 6.45) is 0.847. The molecule has 0 bridgehead atoms. The van der Waals surface area contributed by atoms with Crippen LogP contribution in [0.2, 0.25) is 0 Å². The van der Waals surface area contributed by atoms with Crippen molar-refractivity contribution in [1.29, 1.82) is 0 Å². The van der Waals surface area contributed by atoms with Crippen LogP contribution in [-0.4, -0.2) is 102 Å². The van der Waals surface area contributed by atoms with E-state index < -0.39 is 24.0 Å². The van der Waals surface area contributed by atoms with E-state index in [-0.39, 0.29) is 49.6 Å². The summed E-state index contributed by atoms with van der Waals surface area (Å²) in [5.74, 6) is -1.42. The summed E-state index contributed by atoms with van der Waals surface area (Å²) in [7, 11) is 0. The van der Waals surface area contributed by atoms with Crippen molar-refractivity contribution in [2.75, 3.05) is 65.9 Å². The van der Waals surface area contributed by atoms with Gasteiger partial charge < -0.3 is 40.6 Å². The van der Waals surface area contributed by atoms with Crippen molar-refractivity contribution in [3.8, 4) is 0 Å². The standard InChI is InChI=1S/C25H47N7O8/c1-18(2)22(24(35)30-20(23(34)19(3)4)6-5-8-28-25(26)36)31-21(33)7-10-37-12-14-39-16-17-40-15-13-38-11-9-29-32-27/h18-20,22H,5-17H2,1-4H3,(H,30,35)(H,31,33)(H3,26,28,36). The molecule has 0 aliphatic carbocycles. The highest BCUT2D eigenvalue weighted by atomic mass is 16.6. The van der Waals surface area contributed by atoms with Crippen LogP contribution < -0.4 is 21.7 Å². The molecular formula is C25H47N7O8. The summed E-state index contributed by atoms with van der Waals surface area (Å²) in [4.78, 5) is 51.5. The average Bonchev–Trinajstić information content (AvgIpc) is 2.90. The van der Waals surface area contributed by atoms with Crippen LogP contribution in [0.3, 0.4) is 0 Å². The van der Waals surface area contributed by atoms with Gasteiger partial charge >= 0.3 is 6.03 Å². The quantitative estimate of drug-likeness (QED) is 0.0534.